The summed E-state index contributed by atoms with van der Waals surface area (Å²) in [6.07, 6.45) is 6.54. The number of pyridine rings is 3. The van der Waals surface area contributed by atoms with Crippen LogP contribution in [0.4, 0.5) is 0 Å². The summed E-state index contributed by atoms with van der Waals surface area (Å²) in [5.41, 5.74) is 10.5. The Morgan fingerprint density at radius 3 is 2.75 bits per heavy atom. The lowest BCUT2D eigenvalue weighted by Gasteiger charge is -2.07. The number of hydrogen-bond donors (Lipinski definition) is 0. The first-order valence-corrected chi connectivity index (χ1v) is 9.42. The highest BCUT2D eigenvalue weighted by Gasteiger charge is 2.21. The lowest BCUT2D eigenvalue weighted by atomic mass is 10.1. The van der Waals surface area contributed by atoms with E-state index in [9.17, 15) is 0 Å². The maximum atomic E-state index is 5.04. The van der Waals surface area contributed by atoms with Crippen LogP contribution in [-0.4, -0.2) is 19.4 Å². The molecule has 0 N–H and O–H groups in total. The SMILES string of the molecule is c1ccc2c(c1)Cc1cc3c(cc1-2)nc1c2cnccc2c2ncccc2n31. The minimum Gasteiger partial charge on any atom is -0.290 e. The van der Waals surface area contributed by atoms with Gasteiger partial charge in [0.1, 0.15) is 5.65 Å². The summed E-state index contributed by atoms with van der Waals surface area (Å²) >= 11 is 0. The van der Waals surface area contributed by atoms with Crippen molar-refractivity contribution in [2.45, 2.75) is 6.42 Å². The van der Waals surface area contributed by atoms with Gasteiger partial charge in [-0.3, -0.25) is 14.4 Å². The quantitative estimate of drug-likeness (QED) is 0.352. The second-order valence-electron chi connectivity index (χ2n) is 7.40. The fourth-order valence-electron chi connectivity index (χ4n) is 4.69. The largest absolute Gasteiger partial charge is 0.290 e. The van der Waals surface area contributed by atoms with E-state index >= 15 is 0 Å². The number of fused-ring (bicyclic) bond motifs is 11. The molecule has 6 aromatic rings. The van der Waals surface area contributed by atoms with Crippen LogP contribution in [0, 0.1) is 0 Å². The van der Waals surface area contributed by atoms with E-state index in [2.05, 4.69) is 56.8 Å². The topological polar surface area (TPSA) is 43.1 Å². The van der Waals surface area contributed by atoms with Crippen LogP contribution in [0.5, 0.6) is 0 Å². The molecule has 0 atom stereocenters. The molecule has 4 heterocycles. The Bertz CT molecular complexity index is 1590. The lowest BCUT2D eigenvalue weighted by molar-refractivity contribution is 1.25. The molecular weight excluding hydrogens is 344 g/mol. The van der Waals surface area contributed by atoms with Gasteiger partial charge in [0.15, 0.2) is 0 Å². The van der Waals surface area contributed by atoms with Gasteiger partial charge in [-0.05, 0) is 59.0 Å². The molecule has 0 saturated carbocycles. The summed E-state index contributed by atoms with van der Waals surface area (Å²) in [7, 11) is 0. The lowest BCUT2D eigenvalue weighted by Crippen LogP contribution is -1.93. The molecule has 0 unspecified atom stereocenters. The third-order valence-corrected chi connectivity index (χ3v) is 5.91. The molecule has 1 aliphatic carbocycles. The highest BCUT2D eigenvalue weighted by Crippen LogP contribution is 2.40. The van der Waals surface area contributed by atoms with Gasteiger partial charge in [-0.15, -0.1) is 0 Å². The van der Waals surface area contributed by atoms with Crippen LogP contribution in [0.2, 0.25) is 0 Å². The van der Waals surface area contributed by atoms with Gasteiger partial charge in [-0.1, -0.05) is 24.3 Å². The highest BCUT2D eigenvalue weighted by atomic mass is 15.0. The Kier molecular flexibility index (Phi) is 2.51. The van der Waals surface area contributed by atoms with Gasteiger partial charge in [0.2, 0.25) is 0 Å². The summed E-state index contributed by atoms with van der Waals surface area (Å²) in [6.45, 7) is 0. The van der Waals surface area contributed by atoms with E-state index in [0.717, 1.165) is 44.9 Å². The van der Waals surface area contributed by atoms with Gasteiger partial charge in [0.25, 0.3) is 0 Å². The standard InChI is InChI=1S/C24H14N4/c1-2-5-16-14(4-1)10-15-11-22-20(12-18(15)16)27-24-19-13-25-9-7-17(19)23-21(28(22)24)6-3-8-26-23/h1-9,11-13H,10H2. The van der Waals surface area contributed by atoms with Crippen molar-refractivity contribution >= 4 is 38.5 Å². The zero-order valence-electron chi connectivity index (χ0n) is 14.9. The van der Waals surface area contributed by atoms with Crippen molar-refractivity contribution in [3.8, 4) is 11.1 Å². The first-order valence-electron chi connectivity index (χ1n) is 9.42. The van der Waals surface area contributed by atoms with Crippen LogP contribution in [-0.2, 0) is 6.42 Å². The number of hydrogen-bond acceptors (Lipinski definition) is 3. The fraction of sp³-hybridized carbons (Fsp3) is 0.0417. The molecule has 0 radical (unpaired) electrons. The monoisotopic (exact) mass is 358 g/mol. The maximum Gasteiger partial charge on any atom is 0.148 e. The fourth-order valence-corrected chi connectivity index (χ4v) is 4.69. The van der Waals surface area contributed by atoms with E-state index in [1.165, 1.54) is 22.3 Å². The Labute approximate surface area is 160 Å². The minimum absolute atomic E-state index is 0.940. The van der Waals surface area contributed by atoms with Crippen LogP contribution in [0.3, 0.4) is 0 Å². The molecular formula is C24H14N4. The minimum atomic E-state index is 0.940. The molecule has 4 aromatic heterocycles. The molecule has 130 valence electrons. The molecule has 0 saturated heterocycles. The Balaban J connectivity index is 1.70. The molecule has 4 nitrogen and oxygen atoms in total. The highest BCUT2D eigenvalue weighted by molar-refractivity contribution is 6.12. The third-order valence-electron chi connectivity index (χ3n) is 5.91. The van der Waals surface area contributed by atoms with Crippen molar-refractivity contribution < 1.29 is 0 Å². The summed E-state index contributed by atoms with van der Waals surface area (Å²) in [5, 5.41) is 2.12. The number of imidazole rings is 1. The van der Waals surface area contributed by atoms with E-state index < -0.39 is 0 Å². The van der Waals surface area contributed by atoms with Crippen molar-refractivity contribution in [1.82, 2.24) is 19.4 Å². The van der Waals surface area contributed by atoms with Crippen molar-refractivity contribution in [2.75, 3.05) is 0 Å². The van der Waals surface area contributed by atoms with Crippen LogP contribution in [0.25, 0.3) is 49.6 Å². The molecule has 2 aromatic carbocycles. The van der Waals surface area contributed by atoms with E-state index in [1.807, 2.05) is 30.7 Å². The molecule has 28 heavy (non-hydrogen) atoms. The molecule has 0 aliphatic heterocycles. The summed E-state index contributed by atoms with van der Waals surface area (Å²) in [6, 6.07) is 19.3. The van der Waals surface area contributed by atoms with Crippen LogP contribution < -0.4 is 0 Å². The summed E-state index contributed by atoms with van der Waals surface area (Å²) in [5.74, 6) is 0. The van der Waals surface area contributed by atoms with E-state index in [1.54, 1.807) is 0 Å². The van der Waals surface area contributed by atoms with Crippen molar-refractivity contribution in [2.24, 2.45) is 0 Å². The molecule has 0 amide bonds. The molecule has 0 fully saturated rings. The predicted octanol–water partition coefficient (Wildman–Crippen LogP) is 5.16. The van der Waals surface area contributed by atoms with Gasteiger partial charge >= 0.3 is 0 Å². The van der Waals surface area contributed by atoms with Crippen LogP contribution in [0.1, 0.15) is 11.1 Å². The Morgan fingerprint density at radius 2 is 1.75 bits per heavy atom. The summed E-state index contributed by atoms with van der Waals surface area (Å²) in [4.78, 5) is 14.1. The molecule has 4 heteroatoms. The second-order valence-corrected chi connectivity index (χ2v) is 7.40. The van der Waals surface area contributed by atoms with Gasteiger partial charge < -0.3 is 0 Å². The average molecular weight is 358 g/mol. The maximum absolute atomic E-state index is 5.04. The first kappa shape index (κ1) is 14.3. The molecule has 0 bridgehead atoms. The normalized spacial score (nSPS) is 12.9. The Morgan fingerprint density at radius 1 is 0.786 bits per heavy atom. The average Bonchev–Trinajstić information content (AvgIpc) is 3.30. The zero-order valence-corrected chi connectivity index (χ0v) is 14.9. The Hall–Kier alpha value is -3.79. The molecule has 1 aliphatic rings. The number of nitrogens with zero attached hydrogens (tertiary/aromatic N) is 4. The van der Waals surface area contributed by atoms with Crippen molar-refractivity contribution in [1.29, 1.82) is 0 Å². The third kappa shape index (κ3) is 1.68. The van der Waals surface area contributed by atoms with Gasteiger partial charge in [-0.25, -0.2) is 4.98 Å². The smallest absolute Gasteiger partial charge is 0.148 e. The number of benzene rings is 2. The van der Waals surface area contributed by atoms with Crippen LogP contribution >= 0.6 is 0 Å². The number of rotatable bonds is 0. The van der Waals surface area contributed by atoms with Gasteiger partial charge in [0.05, 0.1) is 22.1 Å². The molecule has 0 spiro atoms. The van der Waals surface area contributed by atoms with E-state index in [4.69, 9.17) is 4.98 Å². The van der Waals surface area contributed by atoms with Gasteiger partial charge in [0, 0.05) is 29.4 Å². The second kappa shape index (κ2) is 4.93. The number of aromatic nitrogens is 4. The van der Waals surface area contributed by atoms with E-state index in [-0.39, 0.29) is 0 Å². The van der Waals surface area contributed by atoms with Crippen molar-refractivity contribution in [3.05, 3.63) is 84.3 Å². The first-order chi connectivity index (χ1) is 13.9. The zero-order chi connectivity index (χ0) is 18.2. The van der Waals surface area contributed by atoms with Gasteiger partial charge in [-0.2, -0.15) is 0 Å². The van der Waals surface area contributed by atoms with Crippen LogP contribution in [0.15, 0.2) is 73.2 Å². The van der Waals surface area contributed by atoms with Crippen molar-refractivity contribution in [3.63, 3.8) is 0 Å². The summed E-state index contributed by atoms with van der Waals surface area (Å²) < 4.78 is 2.24. The van der Waals surface area contributed by atoms with E-state index in [0.29, 0.717) is 0 Å². The predicted molar refractivity (Wildman–Crippen MR) is 112 cm³/mol. The molecule has 7 rings (SSSR count).